The van der Waals surface area contributed by atoms with Crippen LogP contribution in [0, 0.1) is 0 Å². The topological polar surface area (TPSA) is 53.6 Å². The second-order valence-corrected chi connectivity index (χ2v) is 4.77. The molecule has 0 saturated carbocycles. The van der Waals surface area contributed by atoms with E-state index in [-0.39, 0.29) is 0 Å². The van der Waals surface area contributed by atoms with Gasteiger partial charge in [0.15, 0.2) is 0 Å². The Morgan fingerprint density at radius 2 is 2.40 bits per heavy atom. The van der Waals surface area contributed by atoms with Crippen LogP contribution in [0.5, 0.6) is 0 Å². The summed E-state index contributed by atoms with van der Waals surface area (Å²) in [5.74, 6) is 1.000. The average molecular weight is 243 g/mol. The number of halogens is 1. The summed E-state index contributed by atoms with van der Waals surface area (Å²) in [6, 6.07) is 0. The molecule has 80 valence electrons. The Kier molecular flexibility index (Phi) is 3.71. The molecule has 0 fully saturated rings. The molecule has 2 aromatic rings. The molecule has 6 heteroatoms. The van der Waals surface area contributed by atoms with E-state index in [1.165, 1.54) is 11.3 Å². The van der Waals surface area contributed by atoms with Gasteiger partial charge < -0.3 is 10.3 Å². The van der Waals surface area contributed by atoms with Gasteiger partial charge in [-0.15, -0.1) is 11.3 Å². The second-order valence-electron chi connectivity index (χ2n) is 3.02. The van der Waals surface area contributed by atoms with Crippen LogP contribution in [0.2, 0.25) is 4.34 Å². The van der Waals surface area contributed by atoms with Crippen molar-refractivity contribution in [1.29, 1.82) is 0 Å². The van der Waals surface area contributed by atoms with Crippen molar-refractivity contribution >= 4 is 22.9 Å². The Hall–Kier alpha value is -0.910. The number of aromatic nitrogens is 3. The second kappa shape index (κ2) is 5.25. The fourth-order valence-electron chi connectivity index (χ4n) is 1.21. The summed E-state index contributed by atoms with van der Waals surface area (Å²) in [6.07, 6.45) is 6.16. The third-order valence-corrected chi connectivity index (χ3v) is 3.01. The van der Waals surface area contributed by atoms with Crippen molar-refractivity contribution in [1.82, 2.24) is 20.3 Å². The first-order valence-corrected chi connectivity index (χ1v) is 5.83. The number of hydrogen-bond donors (Lipinski definition) is 2. The summed E-state index contributed by atoms with van der Waals surface area (Å²) >= 11 is 7.27. The highest BCUT2D eigenvalue weighted by atomic mass is 35.5. The van der Waals surface area contributed by atoms with Crippen molar-refractivity contribution in [3.05, 3.63) is 33.8 Å². The fourth-order valence-corrected chi connectivity index (χ4v) is 2.13. The van der Waals surface area contributed by atoms with Crippen molar-refractivity contribution in [2.24, 2.45) is 0 Å². The molecule has 0 bridgehead atoms. The van der Waals surface area contributed by atoms with E-state index in [9.17, 15) is 0 Å². The van der Waals surface area contributed by atoms with Crippen LogP contribution in [0.3, 0.4) is 0 Å². The van der Waals surface area contributed by atoms with E-state index in [1.807, 2.05) is 6.20 Å². The lowest BCUT2D eigenvalue weighted by molar-refractivity contribution is 0.671. The molecular weight excluding hydrogens is 232 g/mol. The number of H-pyrrole nitrogens is 1. The standard InChI is InChI=1S/C9H11ClN4S/c10-7-5-14-9(15-7)6-11-2-1-8-12-3-4-13-8/h3-5,11H,1-2,6H2,(H,12,13). The highest BCUT2D eigenvalue weighted by Crippen LogP contribution is 2.17. The van der Waals surface area contributed by atoms with Crippen molar-refractivity contribution in [2.45, 2.75) is 13.0 Å². The predicted octanol–water partition coefficient (Wildman–Crippen LogP) is 1.85. The van der Waals surface area contributed by atoms with Gasteiger partial charge in [-0.25, -0.2) is 9.97 Å². The maximum absolute atomic E-state index is 5.77. The zero-order valence-electron chi connectivity index (χ0n) is 8.03. The lowest BCUT2D eigenvalue weighted by Crippen LogP contribution is -2.16. The first kappa shape index (κ1) is 10.6. The number of rotatable bonds is 5. The Labute approximate surface area is 96.7 Å². The smallest absolute Gasteiger partial charge is 0.113 e. The molecule has 0 spiro atoms. The summed E-state index contributed by atoms with van der Waals surface area (Å²) in [6.45, 7) is 1.64. The zero-order chi connectivity index (χ0) is 10.5. The highest BCUT2D eigenvalue weighted by Gasteiger charge is 1.99. The average Bonchev–Trinajstić information content (AvgIpc) is 2.84. The molecule has 2 aromatic heterocycles. The molecule has 0 aliphatic rings. The first-order chi connectivity index (χ1) is 7.34. The number of imidazole rings is 1. The van der Waals surface area contributed by atoms with Gasteiger partial charge in [0.1, 0.15) is 15.2 Å². The maximum atomic E-state index is 5.77. The van der Waals surface area contributed by atoms with Crippen LogP contribution in [0.25, 0.3) is 0 Å². The molecule has 2 N–H and O–H groups in total. The maximum Gasteiger partial charge on any atom is 0.113 e. The van der Waals surface area contributed by atoms with Gasteiger partial charge in [-0.2, -0.15) is 0 Å². The molecule has 0 radical (unpaired) electrons. The van der Waals surface area contributed by atoms with Crippen LogP contribution in [0.1, 0.15) is 10.8 Å². The molecule has 0 amide bonds. The Bertz CT molecular complexity index is 398. The molecule has 2 rings (SSSR count). The van der Waals surface area contributed by atoms with Gasteiger partial charge >= 0.3 is 0 Å². The molecule has 0 saturated heterocycles. The minimum Gasteiger partial charge on any atom is -0.349 e. The summed E-state index contributed by atoms with van der Waals surface area (Å²) < 4.78 is 0.734. The molecule has 4 nitrogen and oxygen atoms in total. The van der Waals surface area contributed by atoms with E-state index < -0.39 is 0 Å². The van der Waals surface area contributed by atoms with Crippen LogP contribution in [0.4, 0.5) is 0 Å². The third kappa shape index (κ3) is 3.30. The fraction of sp³-hybridized carbons (Fsp3) is 0.333. The van der Waals surface area contributed by atoms with E-state index >= 15 is 0 Å². The Balaban J connectivity index is 1.67. The lowest BCUT2D eigenvalue weighted by Gasteiger charge is -1.99. The zero-order valence-corrected chi connectivity index (χ0v) is 9.61. The van der Waals surface area contributed by atoms with Gasteiger partial charge in [0, 0.05) is 31.9 Å². The van der Waals surface area contributed by atoms with Crippen molar-refractivity contribution in [3.63, 3.8) is 0 Å². The van der Waals surface area contributed by atoms with Gasteiger partial charge in [0.05, 0.1) is 6.20 Å². The van der Waals surface area contributed by atoms with Crippen molar-refractivity contribution in [2.75, 3.05) is 6.54 Å². The van der Waals surface area contributed by atoms with Crippen LogP contribution in [0.15, 0.2) is 18.6 Å². The molecule has 0 unspecified atom stereocenters. The summed E-state index contributed by atoms with van der Waals surface area (Å²) in [7, 11) is 0. The first-order valence-electron chi connectivity index (χ1n) is 4.64. The molecule has 0 aromatic carbocycles. The Morgan fingerprint density at radius 1 is 1.47 bits per heavy atom. The van der Waals surface area contributed by atoms with Gasteiger partial charge in [0.25, 0.3) is 0 Å². The minimum atomic E-state index is 0.734. The molecule has 0 aliphatic carbocycles. The van der Waals surface area contributed by atoms with E-state index in [1.54, 1.807) is 12.4 Å². The quantitative estimate of drug-likeness (QED) is 0.787. The normalized spacial score (nSPS) is 10.7. The van der Waals surface area contributed by atoms with E-state index in [0.717, 1.165) is 34.7 Å². The van der Waals surface area contributed by atoms with E-state index in [4.69, 9.17) is 11.6 Å². The highest BCUT2D eigenvalue weighted by molar-refractivity contribution is 7.15. The Morgan fingerprint density at radius 3 is 3.07 bits per heavy atom. The largest absolute Gasteiger partial charge is 0.349 e. The van der Waals surface area contributed by atoms with Gasteiger partial charge in [-0.1, -0.05) is 11.6 Å². The number of hydrogen-bond acceptors (Lipinski definition) is 4. The monoisotopic (exact) mass is 242 g/mol. The van der Waals surface area contributed by atoms with Crippen molar-refractivity contribution in [3.8, 4) is 0 Å². The number of thiazole rings is 1. The van der Waals surface area contributed by atoms with E-state index in [2.05, 4.69) is 20.3 Å². The number of nitrogens with zero attached hydrogens (tertiary/aromatic N) is 2. The number of nitrogens with one attached hydrogen (secondary N) is 2. The SMILES string of the molecule is Clc1cnc(CNCCc2ncc[nH]2)s1. The molecular formula is C9H11ClN4S. The van der Waals surface area contributed by atoms with Crippen molar-refractivity contribution < 1.29 is 0 Å². The molecule has 0 aliphatic heterocycles. The van der Waals surface area contributed by atoms with Crippen LogP contribution in [-0.2, 0) is 13.0 Å². The van der Waals surface area contributed by atoms with Crippen LogP contribution < -0.4 is 5.32 Å². The van der Waals surface area contributed by atoms with Crippen LogP contribution >= 0.6 is 22.9 Å². The van der Waals surface area contributed by atoms with E-state index in [0.29, 0.717) is 0 Å². The van der Waals surface area contributed by atoms with Crippen LogP contribution in [-0.4, -0.2) is 21.5 Å². The molecule has 0 atom stereocenters. The van der Waals surface area contributed by atoms with Gasteiger partial charge in [-0.05, 0) is 0 Å². The third-order valence-electron chi connectivity index (χ3n) is 1.90. The lowest BCUT2D eigenvalue weighted by atomic mass is 10.4. The molecule has 2 heterocycles. The van der Waals surface area contributed by atoms with Gasteiger partial charge in [-0.3, -0.25) is 0 Å². The predicted molar refractivity (Wildman–Crippen MR) is 61.1 cm³/mol. The summed E-state index contributed by atoms with van der Waals surface area (Å²) in [5.41, 5.74) is 0. The summed E-state index contributed by atoms with van der Waals surface area (Å²) in [4.78, 5) is 11.3. The number of aromatic amines is 1. The minimum absolute atomic E-state index is 0.734. The van der Waals surface area contributed by atoms with Gasteiger partial charge in [0.2, 0.25) is 0 Å². The summed E-state index contributed by atoms with van der Waals surface area (Å²) in [5, 5.41) is 4.30. The molecule has 15 heavy (non-hydrogen) atoms.